The number of likely N-dealkylation sites (tertiary alicyclic amines) is 1. The summed E-state index contributed by atoms with van der Waals surface area (Å²) in [5.74, 6) is 0. The van der Waals surface area contributed by atoms with E-state index in [1.807, 2.05) is 25.5 Å². The van der Waals surface area contributed by atoms with Crippen molar-refractivity contribution in [3.05, 3.63) is 17.4 Å². The maximum absolute atomic E-state index is 12.3. The van der Waals surface area contributed by atoms with Crippen LogP contribution in [0, 0.1) is 0 Å². The van der Waals surface area contributed by atoms with Crippen LogP contribution in [0.3, 0.4) is 0 Å². The number of carbonyl (C=O) groups is 1. The fourth-order valence-corrected chi connectivity index (χ4v) is 2.90. The number of amides is 1. The van der Waals surface area contributed by atoms with E-state index >= 15 is 0 Å². The molecule has 3 rings (SSSR count). The third-order valence-electron chi connectivity index (χ3n) is 3.71. The van der Waals surface area contributed by atoms with Crippen molar-refractivity contribution in [3.8, 4) is 0 Å². The minimum absolute atomic E-state index is 0.0595. The first kappa shape index (κ1) is 16.0. The van der Waals surface area contributed by atoms with Gasteiger partial charge in [-0.3, -0.25) is 0 Å². The first-order chi connectivity index (χ1) is 10.8. The number of halogens is 1. The molecule has 8 heteroatoms. The van der Waals surface area contributed by atoms with E-state index < -0.39 is 5.60 Å². The van der Waals surface area contributed by atoms with Gasteiger partial charge in [0.25, 0.3) is 0 Å². The van der Waals surface area contributed by atoms with Gasteiger partial charge in [-0.2, -0.15) is 5.10 Å². The zero-order valence-electron chi connectivity index (χ0n) is 13.5. The van der Waals surface area contributed by atoms with Crippen molar-refractivity contribution in [2.75, 3.05) is 13.1 Å². The Morgan fingerprint density at radius 3 is 2.91 bits per heavy atom. The summed E-state index contributed by atoms with van der Waals surface area (Å²) in [6.07, 6.45) is 3.27. The average Bonchev–Trinajstić information content (AvgIpc) is 2.88. The molecule has 1 amide bonds. The Hall–Kier alpha value is -1.89. The minimum Gasteiger partial charge on any atom is -0.444 e. The number of carbonyl (C=O) groups excluding carboxylic acids is 1. The van der Waals surface area contributed by atoms with E-state index in [-0.39, 0.29) is 12.1 Å². The van der Waals surface area contributed by atoms with Crippen LogP contribution in [0.5, 0.6) is 0 Å². The number of rotatable bonds is 1. The molecule has 1 aliphatic heterocycles. The van der Waals surface area contributed by atoms with Gasteiger partial charge in [-0.1, -0.05) is 11.6 Å². The highest BCUT2D eigenvalue weighted by molar-refractivity contribution is 6.29. The lowest BCUT2D eigenvalue weighted by atomic mass is 10.1. The Bertz CT molecular complexity index is 724. The summed E-state index contributed by atoms with van der Waals surface area (Å²) in [7, 11) is 0. The van der Waals surface area contributed by atoms with Crippen molar-refractivity contribution in [1.29, 1.82) is 0 Å². The van der Waals surface area contributed by atoms with Gasteiger partial charge in [-0.05, 0) is 39.7 Å². The van der Waals surface area contributed by atoms with Gasteiger partial charge in [0.1, 0.15) is 5.60 Å². The molecule has 0 aliphatic carbocycles. The number of fused-ring (bicyclic) bond motifs is 1. The SMILES string of the molecule is CC(C)(C)OC(=O)N1CCCC(n2ncc3cc(Cl)nnc32)C1. The number of nitrogens with zero attached hydrogens (tertiary/aromatic N) is 5. The van der Waals surface area contributed by atoms with Crippen molar-refractivity contribution in [1.82, 2.24) is 24.9 Å². The molecule has 23 heavy (non-hydrogen) atoms. The number of hydrogen-bond acceptors (Lipinski definition) is 5. The van der Waals surface area contributed by atoms with Gasteiger partial charge in [0.2, 0.25) is 0 Å². The van der Waals surface area contributed by atoms with Crippen molar-refractivity contribution in [3.63, 3.8) is 0 Å². The fourth-order valence-electron chi connectivity index (χ4n) is 2.74. The molecule has 0 N–H and O–H groups in total. The Morgan fingerprint density at radius 1 is 1.39 bits per heavy atom. The summed E-state index contributed by atoms with van der Waals surface area (Å²) in [4.78, 5) is 14.0. The highest BCUT2D eigenvalue weighted by Crippen LogP contribution is 2.26. The van der Waals surface area contributed by atoms with Crippen LogP contribution in [0.2, 0.25) is 5.15 Å². The maximum atomic E-state index is 12.3. The maximum Gasteiger partial charge on any atom is 0.410 e. The lowest BCUT2D eigenvalue weighted by Gasteiger charge is -2.34. The van der Waals surface area contributed by atoms with E-state index in [1.165, 1.54) is 0 Å². The fraction of sp³-hybridized carbons (Fsp3) is 0.600. The monoisotopic (exact) mass is 337 g/mol. The normalized spacial score (nSPS) is 19.1. The van der Waals surface area contributed by atoms with Crippen LogP contribution in [0.4, 0.5) is 4.79 Å². The first-order valence-corrected chi connectivity index (χ1v) is 8.06. The first-order valence-electron chi connectivity index (χ1n) is 7.68. The topological polar surface area (TPSA) is 73.1 Å². The van der Waals surface area contributed by atoms with Crippen molar-refractivity contribution < 1.29 is 9.53 Å². The molecule has 0 aromatic carbocycles. The molecule has 1 aliphatic rings. The van der Waals surface area contributed by atoms with Gasteiger partial charge < -0.3 is 9.64 Å². The Balaban J connectivity index is 1.79. The third kappa shape index (κ3) is 3.55. The van der Waals surface area contributed by atoms with Crippen LogP contribution in [-0.2, 0) is 4.74 Å². The van der Waals surface area contributed by atoms with E-state index in [0.717, 1.165) is 18.2 Å². The molecular formula is C15H20ClN5O2. The molecule has 7 nitrogen and oxygen atoms in total. The average molecular weight is 338 g/mol. The van der Waals surface area contributed by atoms with Crippen molar-refractivity contribution in [2.45, 2.75) is 45.3 Å². The highest BCUT2D eigenvalue weighted by Gasteiger charge is 2.29. The molecule has 1 saturated heterocycles. The molecule has 1 unspecified atom stereocenters. The zero-order chi connectivity index (χ0) is 16.6. The predicted octanol–water partition coefficient (Wildman–Crippen LogP) is 3.05. The summed E-state index contributed by atoms with van der Waals surface area (Å²) in [5, 5.41) is 13.6. The summed E-state index contributed by atoms with van der Waals surface area (Å²) < 4.78 is 7.29. The summed E-state index contributed by atoms with van der Waals surface area (Å²) >= 11 is 5.86. The molecule has 0 saturated carbocycles. The van der Waals surface area contributed by atoms with E-state index in [1.54, 1.807) is 17.2 Å². The minimum atomic E-state index is -0.495. The lowest BCUT2D eigenvalue weighted by Crippen LogP contribution is -2.43. The number of hydrogen-bond donors (Lipinski definition) is 0. The second-order valence-corrected chi connectivity index (χ2v) is 7.14. The third-order valence-corrected chi connectivity index (χ3v) is 3.89. The van der Waals surface area contributed by atoms with Crippen molar-refractivity contribution in [2.24, 2.45) is 0 Å². The van der Waals surface area contributed by atoms with E-state index in [2.05, 4.69) is 15.3 Å². The molecule has 124 valence electrons. The Morgan fingerprint density at radius 2 is 2.17 bits per heavy atom. The molecule has 2 aromatic rings. The molecule has 2 aromatic heterocycles. The Labute approximate surface area is 139 Å². The summed E-state index contributed by atoms with van der Waals surface area (Å²) in [6.45, 7) is 6.85. The number of piperidine rings is 1. The van der Waals surface area contributed by atoms with Gasteiger partial charge >= 0.3 is 6.09 Å². The zero-order valence-corrected chi connectivity index (χ0v) is 14.2. The van der Waals surface area contributed by atoms with E-state index in [4.69, 9.17) is 16.3 Å². The van der Waals surface area contributed by atoms with Crippen molar-refractivity contribution >= 4 is 28.7 Å². The molecule has 1 fully saturated rings. The second-order valence-electron chi connectivity index (χ2n) is 6.76. The van der Waals surface area contributed by atoms with Crippen LogP contribution < -0.4 is 0 Å². The van der Waals surface area contributed by atoms with E-state index in [9.17, 15) is 4.79 Å². The lowest BCUT2D eigenvalue weighted by molar-refractivity contribution is 0.0169. The molecule has 0 radical (unpaired) electrons. The predicted molar refractivity (Wildman–Crippen MR) is 86.4 cm³/mol. The standard InChI is InChI=1S/C15H20ClN5O2/c1-15(2,3)23-14(22)20-6-4-5-11(9-20)21-13-10(8-17-21)7-12(16)18-19-13/h7-8,11H,4-6,9H2,1-3H3. The van der Waals surface area contributed by atoms with Gasteiger partial charge in [0.05, 0.1) is 12.2 Å². The highest BCUT2D eigenvalue weighted by atomic mass is 35.5. The second kappa shape index (κ2) is 5.96. The van der Waals surface area contributed by atoms with Crippen LogP contribution in [0.1, 0.15) is 39.7 Å². The Kier molecular flexibility index (Phi) is 4.14. The largest absolute Gasteiger partial charge is 0.444 e. The molecule has 0 spiro atoms. The van der Waals surface area contributed by atoms with Gasteiger partial charge in [-0.25, -0.2) is 9.48 Å². The van der Waals surface area contributed by atoms with Crippen LogP contribution in [-0.4, -0.2) is 49.7 Å². The van der Waals surface area contributed by atoms with Crippen LogP contribution in [0.25, 0.3) is 11.0 Å². The molecular weight excluding hydrogens is 318 g/mol. The van der Waals surface area contributed by atoms with E-state index in [0.29, 0.717) is 23.9 Å². The van der Waals surface area contributed by atoms with Gasteiger partial charge in [0, 0.05) is 18.5 Å². The van der Waals surface area contributed by atoms with Gasteiger partial charge in [0.15, 0.2) is 10.8 Å². The van der Waals surface area contributed by atoms with Crippen LogP contribution in [0.15, 0.2) is 12.3 Å². The summed E-state index contributed by atoms with van der Waals surface area (Å²) in [5.41, 5.74) is 0.190. The molecule has 1 atom stereocenters. The quantitative estimate of drug-likeness (QED) is 0.799. The van der Waals surface area contributed by atoms with Crippen LogP contribution >= 0.6 is 11.6 Å². The molecule has 3 heterocycles. The number of ether oxygens (including phenoxy) is 1. The summed E-state index contributed by atoms with van der Waals surface area (Å²) in [6, 6.07) is 1.80. The molecule has 0 bridgehead atoms. The number of aromatic nitrogens is 4. The van der Waals surface area contributed by atoms with Gasteiger partial charge in [-0.15, -0.1) is 10.2 Å². The smallest absolute Gasteiger partial charge is 0.410 e.